The van der Waals surface area contributed by atoms with Crippen molar-refractivity contribution >= 4 is 51.2 Å². The third kappa shape index (κ3) is 9.84. The number of benzene rings is 2. The number of aromatic nitrogens is 1. The van der Waals surface area contributed by atoms with E-state index in [0.717, 1.165) is 31.1 Å². The highest BCUT2D eigenvalue weighted by molar-refractivity contribution is 8.76. The first-order chi connectivity index (χ1) is 18.6. The number of hydrogen-bond donors (Lipinski definition) is 2. The standard InChI is InChI=1S/C32H36N4S2/c1-35-21-15-29(16-22-35)5-3-27-7-11-31(12-8-27)33-19-25-37-38-26-20-34-32-13-9-28(10-14-32)4-6-30-17-23-36(2)24-18-30/h3-18,21-23,34H,19-20,24-26H2,1-2H3/p+1/b6-4+. The van der Waals surface area contributed by atoms with Crippen LogP contribution in [0.2, 0.25) is 0 Å². The lowest BCUT2D eigenvalue weighted by Gasteiger charge is -2.15. The fourth-order valence-corrected chi connectivity index (χ4v) is 5.55. The number of pyridine rings is 1. The summed E-state index contributed by atoms with van der Waals surface area (Å²) in [6, 6.07) is 21.5. The third-order valence-electron chi connectivity index (χ3n) is 6.01. The summed E-state index contributed by atoms with van der Waals surface area (Å²) in [4.78, 5) is 2.16. The minimum Gasteiger partial charge on any atom is -0.384 e. The molecule has 2 N–H and O–H groups in total. The van der Waals surface area contributed by atoms with Crippen LogP contribution in [0.1, 0.15) is 16.7 Å². The number of nitrogens with one attached hydrogen (secondary N) is 2. The van der Waals surface area contributed by atoms with E-state index < -0.39 is 0 Å². The number of hydrogen-bond acceptors (Lipinski definition) is 5. The molecule has 196 valence electrons. The Hall–Kier alpha value is -3.35. The third-order valence-corrected chi connectivity index (χ3v) is 8.42. The summed E-state index contributed by atoms with van der Waals surface area (Å²) in [6.07, 6.45) is 19.3. The van der Waals surface area contributed by atoms with Crippen LogP contribution in [0.3, 0.4) is 0 Å². The number of allylic oxidation sites excluding steroid dienone is 3. The Kier molecular flexibility index (Phi) is 11.0. The molecule has 0 aliphatic carbocycles. The summed E-state index contributed by atoms with van der Waals surface area (Å²) < 4.78 is 2.04. The Labute approximate surface area is 235 Å². The van der Waals surface area contributed by atoms with Gasteiger partial charge in [0.1, 0.15) is 7.05 Å². The predicted molar refractivity (Wildman–Crippen MR) is 170 cm³/mol. The van der Waals surface area contributed by atoms with Crippen LogP contribution in [-0.2, 0) is 7.05 Å². The first-order valence-electron chi connectivity index (χ1n) is 13.0. The lowest BCUT2D eigenvalue weighted by Crippen LogP contribution is -2.25. The van der Waals surface area contributed by atoms with Crippen LogP contribution in [0.25, 0.3) is 18.2 Å². The molecule has 0 fully saturated rings. The van der Waals surface area contributed by atoms with Gasteiger partial charge in [-0.05, 0) is 58.8 Å². The van der Waals surface area contributed by atoms with Crippen molar-refractivity contribution in [3.63, 3.8) is 0 Å². The summed E-state index contributed by atoms with van der Waals surface area (Å²) in [5.74, 6) is 2.14. The van der Waals surface area contributed by atoms with Crippen LogP contribution < -0.4 is 15.2 Å². The van der Waals surface area contributed by atoms with Gasteiger partial charge in [-0.3, -0.25) is 0 Å². The van der Waals surface area contributed by atoms with Crippen LogP contribution in [-0.4, -0.2) is 43.1 Å². The fraction of sp³-hybridized carbons (Fsp3) is 0.219. The maximum absolute atomic E-state index is 3.52. The van der Waals surface area contributed by atoms with Crippen molar-refractivity contribution in [2.45, 2.75) is 0 Å². The molecule has 0 amide bonds. The van der Waals surface area contributed by atoms with E-state index in [1.54, 1.807) is 0 Å². The lowest BCUT2D eigenvalue weighted by molar-refractivity contribution is -0.671. The number of likely N-dealkylation sites (N-methyl/N-ethyl adjacent to an activating group) is 1. The van der Waals surface area contributed by atoms with Gasteiger partial charge in [-0.1, -0.05) is 76.2 Å². The van der Waals surface area contributed by atoms with Crippen LogP contribution in [0.4, 0.5) is 11.4 Å². The van der Waals surface area contributed by atoms with Crippen LogP contribution in [0, 0.1) is 0 Å². The summed E-state index contributed by atoms with van der Waals surface area (Å²) in [6.45, 7) is 2.88. The number of aryl methyl sites for hydroxylation is 1. The molecule has 4 nitrogen and oxygen atoms in total. The maximum Gasteiger partial charge on any atom is 0.169 e. The van der Waals surface area contributed by atoms with Gasteiger partial charge in [-0.15, -0.1) is 0 Å². The smallest absolute Gasteiger partial charge is 0.169 e. The van der Waals surface area contributed by atoms with Crippen LogP contribution in [0.5, 0.6) is 0 Å². The van der Waals surface area contributed by atoms with E-state index in [1.165, 1.54) is 33.6 Å². The molecule has 0 atom stereocenters. The van der Waals surface area contributed by atoms with Crippen molar-refractivity contribution in [1.29, 1.82) is 0 Å². The Morgan fingerprint density at radius 1 is 0.737 bits per heavy atom. The molecule has 0 spiro atoms. The highest BCUT2D eigenvalue weighted by atomic mass is 33.1. The summed E-state index contributed by atoms with van der Waals surface area (Å²) in [7, 11) is 7.95. The van der Waals surface area contributed by atoms with Gasteiger partial charge >= 0.3 is 0 Å². The molecule has 3 aromatic rings. The van der Waals surface area contributed by atoms with Gasteiger partial charge < -0.3 is 15.5 Å². The van der Waals surface area contributed by atoms with Gasteiger partial charge in [0, 0.05) is 61.7 Å². The second-order valence-corrected chi connectivity index (χ2v) is 11.9. The second-order valence-electron chi connectivity index (χ2n) is 9.16. The normalized spacial score (nSPS) is 13.3. The molecule has 0 saturated carbocycles. The highest BCUT2D eigenvalue weighted by Gasteiger charge is 1.98. The molecule has 2 aromatic carbocycles. The molecule has 0 saturated heterocycles. The largest absolute Gasteiger partial charge is 0.384 e. The van der Waals surface area contributed by atoms with Crippen molar-refractivity contribution in [2.24, 2.45) is 7.05 Å². The zero-order valence-corrected chi connectivity index (χ0v) is 23.8. The molecule has 0 unspecified atom stereocenters. The van der Waals surface area contributed by atoms with E-state index >= 15 is 0 Å². The van der Waals surface area contributed by atoms with E-state index in [0.29, 0.717) is 0 Å². The van der Waals surface area contributed by atoms with E-state index in [4.69, 9.17) is 0 Å². The summed E-state index contributed by atoms with van der Waals surface area (Å²) >= 11 is 0. The van der Waals surface area contributed by atoms with Crippen molar-refractivity contribution in [1.82, 2.24) is 4.90 Å². The second kappa shape index (κ2) is 15.2. The fourth-order valence-electron chi connectivity index (χ4n) is 3.74. The quantitative estimate of drug-likeness (QED) is 0.138. The van der Waals surface area contributed by atoms with Crippen molar-refractivity contribution in [3.8, 4) is 0 Å². The predicted octanol–water partition coefficient (Wildman–Crippen LogP) is 6.99. The van der Waals surface area contributed by atoms with Gasteiger partial charge in [0.2, 0.25) is 0 Å². The van der Waals surface area contributed by atoms with E-state index in [1.807, 2.05) is 33.2 Å². The van der Waals surface area contributed by atoms with Crippen LogP contribution in [0.15, 0.2) is 103 Å². The minimum atomic E-state index is 0.958. The molecular weight excluding hydrogens is 505 g/mol. The molecule has 0 bridgehead atoms. The Bertz CT molecular complexity index is 1240. The number of anilines is 2. The number of nitrogens with zero attached hydrogens (tertiary/aromatic N) is 2. The molecule has 2 heterocycles. The van der Waals surface area contributed by atoms with Gasteiger partial charge in [-0.25, -0.2) is 4.57 Å². The van der Waals surface area contributed by atoms with E-state index in [2.05, 4.69) is 138 Å². The average Bonchev–Trinajstić information content (AvgIpc) is 2.95. The van der Waals surface area contributed by atoms with Gasteiger partial charge in [-0.2, -0.15) is 0 Å². The Balaban J connectivity index is 1.05. The average molecular weight is 542 g/mol. The van der Waals surface area contributed by atoms with Gasteiger partial charge in [0.05, 0.1) is 0 Å². The van der Waals surface area contributed by atoms with E-state index in [9.17, 15) is 0 Å². The molecule has 1 aromatic heterocycles. The van der Waals surface area contributed by atoms with Crippen LogP contribution >= 0.6 is 21.6 Å². The summed E-state index contributed by atoms with van der Waals surface area (Å²) in [5.41, 5.74) is 7.22. The van der Waals surface area contributed by atoms with Crippen molar-refractivity contribution in [3.05, 3.63) is 120 Å². The van der Waals surface area contributed by atoms with E-state index in [-0.39, 0.29) is 0 Å². The van der Waals surface area contributed by atoms with Crippen molar-refractivity contribution in [2.75, 3.05) is 48.8 Å². The molecular formula is C32H37N4S2+. The molecule has 38 heavy (non-hydrogen) atoms. The van der Waals surface area contributed by atoms with Gasteiger partial charge in [0.25, 0.3) is 0 Å². The SMILES string of the molecule is CN1C=CC(/C=C/c2ccc(NCCSSCCNc3ccc(/C=C/c4cc[n+](C)cc4)cc3)cc2)=CC1. The zero-order valence-electron chi connectivity index (χ0n) is 22.2. The Morgan fingerprint density at radius 2 is 1.24 bits per heavy atom. The monoisotopic (exact) mass is 541 g/mol. The lowest BCUT2D eigenvalue weighted by atomic mass is 10.1. The maximum atomic E-state index is 3.52. The first kappa shape index (κ1) is 27.7. The zero-order chi connectivity index (χ0) is 26.4. The molecule has 0 radical (unpaired) electrons. The minimum absolute atomic E-state index is 0.958. The number of rotatable bonds is 13. The Morgan fingerprint density at radius 3 is 1.74 bits per heavy atom. The van der Waals surface area contributed by atoms with Crippen molar-refractivity contribution < 1.29 is 4.57 Å². The van der Waals surface area contributed by atoms with Gasteiger partial charge in [0.15, 0.2) is 12.4 Å². The topological polar surface area (TPSA) is 31.2 Å². The molecule has 1 aliphatic heterocycles. The molecule has 1 aliphatic rings. The highest BCUT2D eigenvalue weighted by Crippen LogP contribution is 2.21. The molecule has 6 heteroatoms. The first-order valence-corrected chi connectivity index (χ1v) is 15.5. The molecule has 4 rings (SSSR count). The summed E-state index contributed by atoms with van der Waals surface area (Å²) in [5, 5.41) is 7.03.